The first-order valence-corrected chi connectivity index (χ1v) is 8.42. The molecule has 2 amide bonds. The third-order valence-corrected chi connectivity index (χ3v) is 3.84. The molecule has 5 heteroatoms. The molecule has 132 valence electrons. The molecule has 0 heterocycles. The van der Waals surface area contributed by atoms with E-state index in [9.17, 15) is 9.59 Å². The first-order valence-electron chi connectivity index (χ1n) is 8.42. The van der Waals surface area contributed by atoms with Crippen molar-refractivity contribution in [3.63, 3.8) is 0 Å². The van der Waals surface area contributed by atoms with Crippen LogP contribution in [0, 0.1) is 6.92 Å². The summed E-state index contributed by atoms with van der Waals surface area (Å²) in [4.78, 5) is 26.5. The Kier molecular flexibility index (Phi) is 6.57. The molecule has 0 fully saturated rings. The lowest BCUT2D eigenvalue weighted by Crippen LogP contribution is -2.31. The third-order valence-electron chi connectivity index (χ3n) is 3.84. The average molecular weight is 340 g/mol. The van der Waals surface area contributed by atoms with E-state index in [2.05, 4.69) is 5.32 Å². The molecule has 0 spiro atoms. The summed E-state index contributed by atoms with van der Waals surface area (Å²) in [6.45, 7) is 6.94. The minimum atomic E-state index is -0.304. The molecule has 2 aromatic carbocycles. The maximum atomic E-state index is 12.6. The predicted octanol–water partition coefficient (Wildman–Crippen LogP) is 3.49. The van der Waals surface area contributed by atoms with Gasteiger partial charge in [0.2, 0.25) is 0 Å². The Bertz CT molecular complexity index is 739. The normalized spacial score (nSPS) is 10.2. The van der Waals surface area contributed by atoms with Gasteiger partial charge in [-0.05, 0) is 50.6 Å². The largest absolute Gasteiger partial charge is 0.484 e. The van der Waals surface area contributed by atoms with E-state index in [1.165, 1.54) is 0 Å². The first-order chi connectivity index (χ1) is 12.0. The van der Waals surface area contributed by atoms with E-state index in [0.717, 1.165) is 5.56 Å². The predicted molar refractivity (Wildman–Crippen MR) is 99.0 cm³/mol. The summed E-state index contributed by atoms with van der Waals surface area (Å²) in [6.07, 6.45) is 0. The molecule has 2 aromatic rings. The molecule has 0 aliphatic rings. The molecule has 1 N–H and O–H groups in total. The van der Waals surface area contributed by atoms with Crippen molar-refractivity contribution in [3.8, 4) is 5.75 Å². The number of para-hydroxylation sites is 1. The number of amides is 2. The van der Waals surface area contributed by atoms with Gasteiger partial charge in [0.1, 0.15) is 5.75 Å². The van der Waals surface area contributed by atoms with E-state index in [4.69, 9.17) is 4.74 Å². The molecule has 0 saturated carbocycles. The number of carbonyl (C=O) groups excluding carboxylic acids is 2. The Morgan fingerprint density at radius 1 is 1.04 bits per heavy atom. The van der Waals surface area contributed by atoms with Gasteiger partial charge in [0.25, 0.3) is 11.8 Å². The molecule has 0 atom stereocenters. The number of carbonyl (C=O) groups is 2. The summed E-state index contributed by atoms with van der Waals surface area (Å²) >= 11 is 0. The molecule has 0 radical (unpaired) electrons. The van der Waals surface area contributed by atoms with Gasteiger partial charge in [-0.2, -0.15) is 0 Å². The molecule has 0 aliphatic carbocycles. The van der Waals surface area contributed by atoms with Crippen LogP contribution >= 0.6 is 0 Å². The fraction of sp³-hybridized carbons (Fsp3) is 0.300. The number of benzene rings is 2. The van der Waals surface area contributed by atoms with Crippen LogP contribution in [0.3, 0.4) is 0 Å². The molecule has 25 heavy (non-hydrogen) atoms. The summed E-state index contributed by atoms with van der Waals surface area (Å²) < 4.78 is 5.50. The molecule has 0 aromatic heterocycles. The highest BCUT2D eigenvalue weighted by Crippen LogP contribution is 2.18. The Morgan fingerprint density at radius 2 is 1.76 bits per heavy atom. The molecule has 2 rings (SSSR count). The van der Waals surface area contributed by atoms with E-state index in [1.54, 1.807) is 35.2 Å². The lowest BCUT2D eigenvalue weighted by molar-refractivity contribution is -0.118. The number of nitrogens with one attached hydrogen (secondary N) is 1. The van der Waals surface area contributed by atoms with E-state index >= 15 is 0 Å². The molecule has 0 unspecified atom stereocenters. The highest BCUT2D eigenvalue weighted by molar-refractivity contribution is 6.04. The quantitative estimate of drug-likeness (QED) is 0.839. The number of ether oxygens (including phenoxy) is 1. The van der Waals surface area contributed by atoms with E-state index < -0.39 is 0 Å². The van der Waals surface area contributed by atoms with Crippen molar-refractivity contribution >= 4 is 17.5 Å². The Balaban J connectivity index is 2.04. The van der Waals surface area contributed by atoms with Crippen LogP contribution in [0.2, 0.25) is 0 Å². The Hall–Kier alpha value is -2.82. The second-order valence-corrected chi connectivity index (χ2v) is 5.68. The van der Waals surface area contributed by atoms with Crippen molar-refractivity contribution in [1.82, 2.24) is 4.90 Å². The first kappa shape index (κ1) is 18.5. The number of aryl methyl sites for hydroxylation is 1. The lowest BCUT2D eigenvalue weighted by atomic mass is 10.1. The highest BCUT2D eigenvalue weighted by atomic mass is 16.5. The van der Waals surface area contributed by atoms with Gasteiger partial charge in [0.15, 0.2) is 6.61 Å². The number of hydrogen-bond acceptors (Lipinski definition) is 3. The van der Waals surface area contributed by atoms with Crippen molar-refractivity contribution in [3.05, 3.63) is 59.7 Å². The van der Waals surface area contributed by atoms with Crippen molar-refractivity contribution < 1.29 is 14.3 Å². The summed E-state index contributed by atoms with van der Waals surface area (Å²) in [5, 5.41) is 2.77. The van der Waals surface area contributed by atoms with E-state index in [-0.39, 0.29) is 18.4 Å². The number of anilines is 1. The zero-order valence-corrected chi connectivity index (χ0v) is 14.9. The molecule has 5 nitrogen and oxygen atoms in total. The van der Waals surface area contributed by atoms with Crippen LogP contribution in [-0.2, 0) is 4.79 Å². The number of rotatable bonds is 7. The van der Waals surface area contributed by atoms with Gasteiger partial charge in [-0.25, -0.2) is 0 Å². The molecule has 0 bridgehead atoms. The molecular weight excluding hydrogens is 316 g/mol. The van der Waals surface area contributed by atoms with Crippen LogP contribution in [0.15, 0.2) is 48.5 Å². The van der Waals surface area contributed by atoms with Crippen molar-refractivity contribution in [2.45, 2.75) is 20.8 Å². The van der Waals surface area contributed by atoms with Crippen LogP contribution in [0.1, 0.15) is 29.8 Å². The van der Waals surface area contributed by atoms with Gasteiger partial charge in [0, 0.05) is 13.1 Å². The summed E-state index contributed by atoms with van der Waals surface area (Å²) in [5.74, 6) is 0.240. The number of nitrogens with zero attached hydrogens (tertiary/aromatic N) is 1. The van der Waals surface area contributed by atoms with Crippen LogP contribution in [0.25, 0.3) is 0 Å². The minimum absolute atomic E-state index is 0.0968. The highest BCUT2D eigenvalue weighted by Gasteiger charge is 2.17. The maximum Gasteiger partial charge on any atom is 0.262 e. The van der Waals surface area contributed by atoms with Crippen LogP contribution in [0.4, 0.5) is 5.69 Å². The Morgan fingerprint density at radius 3 is 2.44 bits per heavy atom. The van der Waals surface area contributed by atoms with Gasteiger partial charge in [0.05, 0.1) is 11.3 Å². The molecular formula is C20H24N2O3. The van der Waals surface area contributed by atoms with Gasteiger partial charge >= 0.3 is 0 Å². The van der Waals surface area contributed by atoms with Gasteiger partial charge in [-0.3, -0.25) is 9.59 Å². The van der Waals surface area contributed by atoms with Crippen LogP contribution < -0.4 is 10.1 Å². The van der Waals surface area contributed by atoms with Crippen molar-refractivity contribution in [2.75, 3.05) is 25.0 Å². The topological polar surface area (TPSA) is 58.6 Å². The summed E-state index contributed by atoms with van der Waals surface area (Å²) in [7, 11) is 0. The maximum absolute atomic E-state index is 12.6. The monoisotopic (exact) mass is 340 g/mol. The van der Waals surface area contributed by atoms with Gasteiger partial charge < -0.3 is 15.0 Å². The van der Waals surface area contributed by atoms with Crippen LogP contribution in [0.5, 0.6) is 5.75 Å². The zero-order chi connectivity index (χ0) is 18.2. The fourth-order valence-electron chi connectivity index (χ4n) is 2.50. The van der Waals surface area contributed by atoms with Gasteiger partial charge in [-0.1, -0.05) is 24.3 Å². The lowest BCUT2D eigenvalue weighted by Gasteiger charge is -2.20. The SMILES string of the molecule is CCN(CC)C(=O)c1ccccc1NC(=O)COc1cccc(C)c1. The third kappa shape index (κ3) is 5.08. The van der Waals surface area contributed by atoms with Gasteiger partial charge in [-0.15, -0.1) is 0 Å². The summed E-state index contributed by atoms with van der Waals surface area (Å²) in [6, 6.07) is 14.5. The van der Waals surface area contributed by atoms with Crippen LogP contribution in [-0.4, -0.2) is 36.4 Å². The van der Waals surface area contributed by atoms with E-state index in [1.807, 2.05) is 39.0 Å². The minimum Gasteiger partial charge on any atom is -0.484 e. The van der Waals surface area contributed by atoms with E-state index in [0.29, 0.717) is 30.1 Å². The second kappa shape index (κ2) is 8.87. The zero-order valence-electron chi connectivity index (χ0n) is 14.9. The Labute approximate surface area is 148 Å². The average Bonchev–Trinajstić information content (AvgIpc) is 2.61. The smallest absolute Gasteiger partial charge is 0.262 e. The summed E-state index contributed by atoms with van der Waals surface area (Å²) in [5.41, 5.74) is 2.04. The van der Waals surface area contributed by atoms with Crippen molar-refractivity contribution in [2.24, 2.45) is 0 Å². The fourth-order valence-corrected chi connectivity index (χ4v) is 2.50. The standard InChI is InChI=1S/C20H24N2O3/c1-4-22(5-2)20(24)17-11-6-7-12-18(17)21-19(23)14-25-16-10-8-9-15(3)13-16/h6-13H,4-5,14H2,1-3H3,(H,21,23). The number of hydrogen-bond donors (Lipinski definition) is 1. The van der Waals surface area contributed by atoms with Crippen molar-refractivity contribution in [1.29, 1.82) is 0 Å². The second-order valence-electron chi connectivity index (χ2n) is 5.68. The molecule has 0 aliphatic heterocycles. The molecule has 0 saturated heterocycles.